The maximum Gasteiger partial charge on any atom is 0.526 e. The number of esters is 2. The molecule has 0 saturated heterocycles. The first-order valence-corrected chi connectivity index (χ1v) is 9.74. The van der Waals surface area contributed by atoms with Crippen LogP contribution in [-0.2, 0) is 30.3 Å². The van der Waals surface area contributed by atoms with Gasteiger partial charge in [0.2, 0.25) is 12.7 Å². The molecule has 0 aliphatic carbocycles. The third-order valence-electron chi connectivity index (χ3n) is 4.78. The van der Waals surface area contributed by atoms with E-state index in [0.717, 1.165) is 0 Å². The van der Waals surface area contributed by atoms with E-state index >= 15 is 0 Å². The summed E-state index contributed by atoms with van der Waals surface area (Å²) in [6.07, 6.45) is 0.836. The third-order valence-corrected chi connectivity index (χ3v) is 4.78. The molecule has 0 unspecified atom stereocenters. The molecular weight excluding hydrogens is 393 g/mol. The molecule has 2 rings (SSSR count). The lowest BCUT2D eigenvalue weighted by Gasteiger charge is -2.28. The van der Waals surface area contributed by atoms with Crippen LogP contribution in [0.1, 0.15) is 48.5 Å². The number of para-hydroxylation sites is 1. The van der Waals surface area contributed by atoms with Gasteiger partial charge in [0.15, 0.2) is 0 Å². The van der Waals surface area contributed by atoms with Crippen LogP contribution in [0.25, 0.3) is 0 Å². The average molecular weight is 419 g/mol. The Bertz CT molecular complexity index is 810. The van der Waals surface area contributed by atoms with Crippen molar-refractivity contribution in [1.82, 2.24) is 4.90 Å². The summed E-state index contributed by atoms with van der Waals surface area (Å²) in [7, 11) is 1.95. The Morgan fingerprint density at radius 2 is 1.93 bits per heavy atom. The van der Waals surface area contributed by atoms with Crippen LogP contribution >= 0.6 is 0 Å². The van der Waals surface area contributed by atoms with E-state index in [1.165, 1.54) is 11.0 Å². The smallest absolute Gasteiger partial charge is 0.526 e. The SMILES string of the molecule is CCC(=O)C[C@H]1Cc2cccc(C(=O)OCOC(=O)CCC(=O)N(C)C)c2OB1O. The summed E-state index contributed by atoms with van der Waals surface area (Å²) >= 11 is 0. The topological polar surface area (TPSA) is 119 Å². The molecule has 30 heavy (non-hydrogen) atoms. The molecule has 10 heteroatoms. The minimum Gasteiger partial charge on any atom is -0.535 e. The standard InChI is InChI=1S/C20H26BNO8/c1-4-15(23)11-14-10-13-6-5-7-16(19(13)30-21(14)27)20(26)29-12-28-18(25)9-8-17(24)22(2)3/h5-7,14,27H,4,8-12H2,1-3H3/t14-/m1/s1. The van der Waals surface area contributed by atoms with E-state index < -0.39 is 25.8 Å². The summed E-state index contributed by atoms with van der Waals surface area (Å²) in [5, 5.41) is 10.2. The van der Waals surface area contributed by atoms with Gasteiger partial charge in [-0.1, -0.05) is 19.1 Å². The Morgan fingerprint density at radius 3 is 2.60 bits per heavy atom. The number of hydrogen-bond donors (Lipinski definition) is 1. The first-order valence-electron chi connectivity index (χ1n) is 9.74. The van der Waals surface area contributed by atoms with Gasteiger partial charge in [-0.25, -0.2) is 4.79 Å². The lowest BCUT2D eigenvalue weighted by Crippen LogP contribution is -2.35. The summed E-state index contributed by atoms with van der Waals surface area (Å²) in [5.41, 5.74) is 0.772. The number of ether oxygens (including phenoxy) is 2. The van der Waals surface area contributed by atoms with Crippen LogP contribution in [0, 0.1) is 0 Å². The Hall–Kier alpha value is -2.88. The minimum atomic E-state index is -1.21. The van der Waals surface area contributed by atoms with Crippen LogP contribution in [0.15, 0.2) is 18.2 Å². The maximum absolute atomic E-state index is 12.4. The molecule has 0 fully saturated rings. The first-order chi connectivity index (χ1) is 14.2. The molecule has 1 aliphatic rings. The highest BCUT2D eigenvalue weighted by Gasteiger charge is 2.37. The molecule has 1 aromatic carbocycles. The Labute approximate surface area is 175 Å². The van der Waals surface area contributed by atoms with Crippen molar-refractivity contribution >= 4 is 30.7 Å². The van der Waals surface area contributed by atoms with Crippen molar-refractivity contribution in [3.8, 4) is 5.75 Å². The zero-order valence-electron chi connectivity index (χ0n) is 17.4. The van der Waals surface area contributed by atoms with Crippen molar-refractivity contribution < 1.29 is 38.3 Å². The molecule has 0 bridgehead atoms. The summed E-state index contributed by atoms with van der Waals surface area (Å²) in [5.74, 6) is -1.83. The molecule has 162 valence electrons. The number of fused-ring (bicyclic) bond motifs is 1. The predicted molar refractivity (Wildman–Crippen MR) is 107 cm³/mol. The maximum atomic E-state index is 12.4. The molecule has 1 aromatic rings. The van der Waals surface area contributed by atoms with Crippen LogP contribution < -0.4 is 4.65 Å². The van der Waals surface area contributed by atoms with Crippen molar-refractivity contribution in [1.29, 1.82) is 0 Å². The number of carbonyl (C=O) groups is 4. The number of ketones is 1. The average Bonchev–Trinajstić information content (AvgIpc) is 2.71. The molecular formula is C20H26BNO8. The van der Waals surface area contributed by atoms with Gasteiger partial charge in [0.25, 0.3) is 0 Å². The van der Waals surface area contributed by atoms with Crippen molar-refractivity contribution in [3.05, 3.63) is 29.3 Å². The molecule has 0 aromatic heterocycles. The van der Waals surface area contributed by atoms with Crippen molar-refractivity contribution in [2.24, 2.45) is 0 Å². The monoisotopic (exact) mass is 419 g/mol. The van der Waals surface area contributed by atoms with E-state index in [0.29, 0.717) is 18.4 Å². The predicted octanol–water partition coefficient (Wildman–Crippen LogP) is 1.37. The first kappa shape index (κ1) is 23.4. The van der Waals surface area contributed by atoms with E-state index in [2.05, 4.69) is 0 Å². The van der Waals surface area contributed by atoms with Gasteiger partial charge < -0.3 is 24.1 Å². The van der Waals surface area contributed by atoms with Gasteiger partial charge in [0.05, 0.1) is 6.42 Å². The third kappa shape index (κ3) is 6.31. The lowest BCUT2D eigenvalue weighted by molar-refractivity contribution is -0.153. The molecule has 1 heterocycles. The Kier molecular flexibility index (Phi) is 8.40. The summed E-state index contributed by atoms with van der Waals surface area (Å²) in [6, 6.07) is 4.88. The van der Waals surface area contributed by atoms with Crippen LogP contribution in [0.2, 0.25) is 5.82 Å². The largest absolute Gasteiger partial charge is 0.535 e. The van der Waals surface area contributed by atoms with Gasteiger partial charge in [-0.2, -0.15) is 0 Å². The fourth-order valence-electron chi connectivity index (χ4n) is 2.99. The highest BCUT2D eigenvalue weighted by atomic mass is 16.7. The zero-order valence-corrected chi connectivity index (χ0v) is 17.4. The molecule has 0 radical (unpaired) electrons. The number of hydrogen-bond acceptors (Lipinski definition) is 8. The van der Waals surface area contributed by atoms with Crippen molar-refractivity contribution in [3.63, 3.8) is 0 Å². The van der Waals surface area contributed by atoms with E-state index in [4.69, 9.17) is 14.1 Å². The zero-order chi connectivity index (χ0) is 22.3. The fraction of sp³-hybridized carbons (Fsp3) is 0.500. The van der Waals surface area contributed by atoms with E-state index in [9.17, 15) is 24.2 Å². The highest BCUT2D eigenvalue weighted by molar-refractivity contribution is 6.47. The van der Waals surface area contributed by atoms with Gasteiger partial charge in [-0.15, -0.1) is 0 Å². The highest BCUT2D eigenvalue weighted by Crippen LogP contribution is 2.36. The minimum absolute atomic E-state index is 0.000593. The van der Waals surface area contributed by atoms with Gasteiger partial charge in [-0.3, -0.25) is 14.4 Å². The van der Waals surface area contributed by atoms with E-state index in [-0.39, 0.29) is 48.1 Å². The number of amides is 1. The fourth-order valence-corrected chi connectivity index (χ4v) is 2.99. The Balaban J connectivity index is 1.92. The molecule has 1 aliphatic heterocycles. The van der Waals surface area contributed by atoms with E-state index in [1.807, 2.05) is 0 Å². The van der Waals surface area contributed by atoms with Crippen LogP contribution in [0.4, 0.5) is 0 Å². The van der Waals surface area contributed by atoms with Crippen LogP contribution in [-0.4, -0.2) is 61.6 Å². The van der Waals surface area contributed by atoms with Crippen molar-refractivity contribution in [2.45, 2.75) is 44.8 Å². The lowest BCUT2D eigenvalue weighted by atomic mass is 9.64. The quantitative estimate of drug-likeness (QED) is 0.362. The number of benzene rings is 1. The number of rotatable bonds is 9. The normalized spacial score (nSPS) is 14.9. The van der Waals surface area contributed by atoms with Gasteiger partial charge in [0.1, 0.15) is 17.1 Å². The van der Waals surface area contributed by atoms with Gasteiger partial charge in [-0.05, 0) is 18.1 Å². The van der Waals surface area contributed by atoms with E-state index in [1.54, 1.807) is 33.2 Å². The number of nitrogens with zero attached hydrogens (tertiary/aromatic N) is 1. The summed E-state index contributed by atoms with van der Waals surface area (Å²) in [4.78, 5) is 48.5. The number of carbonyl (C=O) groups excluding carboxylic acids is 4. The molecule has 0 spiro atoms. The number of Topliss-reactive ketones (excluding diaryl/α,β-unsaturated/α-hetero) is 1. The molecule has 1 amide bonds. The summed E-state index contributed by atoms with van der Waals surface area (Å²) < 4.78 is 15.3. The Morgan fingerprint density at radius 1 is 1.20 bits per heavy atom. The van der Waals surface area contributed by atoms with Crippen LogP contribution in [0.3, 0.4) is 0 Å². The molecule has 1 atom stereocenters. The van der Waals surface area contributed by atoms with Gasteiger partial charge >= 0.3 is 19.1 Å². The second-order valence-corrected chi connectivity index (χ2v) is 7.22. The van der Waals surface area contributed by atoms with Gasteiger partial charge in [0, 0.05) is 39.2 Å². The second-order valence-electron chi connectivity index (χ2n) is 7.22. The van der Waals surface area contributed by atoms with Crippen molar-refractivity contribution in [2.75, 3.05) is 20.9 Å². The molecule has 1 N–H and O–H groups in total. The summed E-state index contributed by atoms with van der Waals surface area (Å²) in [6.45, 7) is 1.15. The molecule has 0 saturated carbocycles. The molecule has 9 nitrogen and oxygen atoms in total. The van der Waals surface area contributed by atoms with Crippen LogP contribution in [0.5, 0.6) is 5.75 Å². The second kappa shape index (κ2) is 10.8.